The molecule has 0 aromatic rings. The Morgan fingerprint density at radius 3 is 2.35 bits per heavy atom. The molecule has 168 valence electrons. The van der Waals surface area contributed by atoms with Crippen molar-refractivity contribution in [3.8, 4) is 12.1 Å². The fraction of sp³-hybridized carbons (Fsp3) is 0.895. The van der Waals surface area contributed by atoms with Crippen molar-refractivity contribution in [3.05, 3.63) is 0 Å². The van der Waals surface area contributed by atoms with Crippen LogP contribution in [0.15, 0.2) is 0 Å². The topological polar surface area (TPSA) is 134 Å². The molecule has 0 spiro atoms. The Bertz CT molecular complexity index is 728. The third-order valence-electron chi connectivity index (χ3n) is 5.32. The SMILES string of the molecule is [B]C1CC(COP(=O)([O-])OC2C(COC(C)C)OC([B])C2(C#N)C#N)C(OC(C)C)C1. The summed E-state index contributed by atoms with van der Waals surface area (Å²) in [7, 11) is 6.89. The highest BCUT2D eigenvalue weighted by Gasteiger charge is 2.58. The molecule has 0 bridgehead atoms. The number of nitriles is 2. The summed E-state index contributed by atoms with van der Waals surface area (Å²) in [4.78, 5) is 12.6. The minimum atomic E-state index is -4.93. The second-order valence-corrected chi connectivity index (χ2v) is 9.92. The Labute approximate surface area is 186 Å². The first kappa shape index (κ1) is 26.4. The Balaban J connectivity index is 2.11. The molecule has 9 nitrogen and oxygen atoms in total. The summed E-state index contributed by atoms with van der Waals surface area (Å²) < 4.78 is 39.7. The summed E-state index contributed by atoms with van der Waals surface area (Å²) in [6.45, 7) is 7.02. The Morgan fingerprint density at radius 2 is 1.81 bits per heavy atom. The highest BCUT2D eigenvalue weighted by molar-refractivity contribution is 7.45. The molecular formula is C19H28B2N2O7P-. The number of hydrogen-bond donors (Lipinski definition) is 0. The molecule has 2 rings (SSSR count). The van der Waals surface area contributed by atoms with Gasteiger partial charge in [-0.05, 0) is 34.1 Å². The lowest BCUT2D eigenvalue weighted by Gasteiger charge is -2.33. The van der Waals surface area contributed by atoms with Gasteiger partial charge in [0.05, 0.1) is 57.5 Å². The van der Waals surface area contributed by atoms with E-state index in [0.717, 1.165) is 0 Å². The average Bonchev–Trinajstić information content (AvgIpc) is 3.14. The number of rotatable bonds is 10. The number of hydrogen-bond acceptors (Lipinski definition) is 9. The van der Waals surface area contributed by atoms with Crippen LogP contribution in [0.5, 0.6) is 0 Å². The first-order chi connectivity index (χ1) is 14.4. The van der Waals surface area contributed by atoms with Crippen molar-refractivity contribution in [1.29, 1.82) is 10.5 Å². The summed E-state index contributed by atoms with van der Waals surface area (Å²) in [5.74, 6) is -0.352. The van der Waals surface area contributed by atoms with Gasteiger partial charge < -0.3 is 28.2 Å². The van der Waals surface area contributed by atoms with Gasteiger partial charge in [-0.15, -0.1) is 0 Å². The minimum Gasteiger partial charge on any atom is -0.756 e. The van der Waals surface area contributed by atoms with Gasteiger partial charge in [0.1, 0.15) is 20.1 Å². The summed E-state index contributed by atoms with van der Waals surface area (Å²) in [5.41, 5.74) is -2.03. The zero-order valence-electron chi connectivity index (χ0n) is 18.3. The Morgan fingerprint density at radius 1 is 1.16 bits per heavy atom. The fourth-order valence-electron chi connectivity index (χ4n) is 3.84. The molecule has 0 aromatic carbocycles. The van der Waals surface area contributed by atoms with Crippen molar-refractivity contribution < 1.29 is 32.7 Å². The molecule has 1 aliphatic heterocycles. The van der Waals surface area contributed by atoms with Crippen LogP contribution in [0.1, 0.15) is 40.5 Å². The first-order valence-electron chi connectivity index (χ1n) is 10.3. The molecule has 1 saturated carbocycles. The van der Waals surface area contributed by atoms with Gasteiger partial charge in [0.25, 0.3) is 7.82 Å². The van der Waals surface area contributed by atoms with Crippen molar-refractivity contribution in [2.75, 3.05) is 13.2 Å². The molecule has 31 heavy (non-hydrogen) atoms. The van der Waals surface area contributed by atoms with Crippen LogP contribution in [0.25, 0.3) is 0 Å². The second kappa shape index (κ2) is 10.8. The van der Waals surface area contributed by atoms with Gasteiger partial charge in [0.15, 0.2) is 5.41 Å². The third kappa shape index (κ3) is 6.55. The summed E-state index contributed by atoms with van der Waals surface area (Å²) in [6.07, 6.45) is -1.88. The predicted molar refractivity (Wildman–Crippen MR) is 110 cm³/mol. The van der Waals surface area contributed by atoms with E-state index in [1.807, 2.05) is 13.8 Å². The maximum atomic E-state index is 12.6. The number of phosphoric acid groups is 1. The quantitative estimate of drug-likeness (QED) is 0.358. The first-order valence-corrected chi connectivity index (χ1v) is 11.8. The van der Waals surface area contributed by atoms with E-state index in [9.17, 15) is 20.0 Å². The largest absolute Gasteiger partial charge is 0.756 e. The van der Waals surface area contributed by atoms with Crippen molar-refractivity contribution in [2.45, 2.75) is 82.9 Å². The summed E-state index contributed by atoms with van der Waals surface area (Å²) in [6, 6.07) is 2.14. The average molecular weight is 449 g/mol. The smallest absolute Gasteiger partial charge is 0.268 e. The lowest BCUT2D eigenvalue weighted by Crippen LogP contribution is -2.42. The van der Waals surface area contributed by atoms with Crippen molar-refractivity contribution in [2.24, 2.45) is 11.3 Å². The second-order valence-electron chi connectivity index (χ2n) is 8.55. The van der Waals surface area contributed by atoms with Gasteiger partial charge in [-0.3, -0.25) is 4.57 Å². The molecule has 7 unspecified atom stereocenters. The number of nitrogens with zero attached hydrogens (tertiary/aromatic N) is 2. The molecule has 1 saturated heterocycles. The lowest BCUT2D eigenvalue weighted by atomic mass is 9.72. The third-order valence-corrected chi connectivity index (χ3v) is 6.27. The highest BCUT2D eigenvalue weighted by atomic mass is 31.2. The van der Waals surface area contributed by atoms with Crippen LogP contribution >= 0.6 is 7.82 Å². The van der Waals surface area contributed by atoms with Crippen LogP contribution in [0.3, 0.4) is 0 Å². The molecule has 2 aliphatic rings. The van der Waals surface area contributed by atoms with Crippen LogP contribution in [-0.4, -0.2) is 65.4 Å². The van der Waals surface area contributed by atoms with E-state index in [1.54, 1.807) is 26.0 Å². The van der Waals surface area contributed by atoms with Crippen LogP contribution in [0, 0.1) is 34.0 Å². The maximum Gasteiger partial charge on any atom is 0.268 e. The molecular weight excluding hydrogens is 421 g/mol. The fourth-order valence-corrected chi connectivity index (χ4v) is 4.86. The molecule has 2 fully saturated rings. The Hall–Kier alpha value is -0.900. The summed E-state index contributed by atoms with van der Waals surface area (Å²) >= 11 is 0. The minimum absolute atomic E-state index is 0.0428. The van der Waals surface area contributed by atoms with Crippen molar-refractivity contribution in [3.63, 3.8) is 0 Å². The van der Waals surface area contributed by atoms with E-state index in [1.165, 1.54) is 0 Å². The number of phosphoric ester groups is 1. The van der Waals surface area contributed by atoms with Gasteiger partial charge in [0, 0.05) is 5.92 Å². The van der Waals surface area contributed by atoms with E-state index in [4.69, 9.17) is 39.0 Å². The summed E-state index contributed by atoms with van der Waals surface area (Å²) in [5, 5.41) is 19.2. The number of ether oxygens (including phenoxy) is 3. The van der Waals surface area contributed by atoms with Crippen LogP contribution < -0.4 is 4.89 Å². The molecule has 4 radical (unpaired) electrons. The molecule has 0 amide bonds. The molecule has 0 aromatic heterocycles. The van der Waals surface area contributed by atoms with Gasteiger partial charge in [-0.2, -0.15) is 10.5 Å². The standard InChI is InChI=1S/C19H29B2N2O7P/c1-11(2)26-8-16-17(19(9-22,10-23)18(21)29-16)30-31(24,25)27-7-13-5-14(20)6-15(13)28-12(3)4/h11-18H,5-8H2,1-4H3,(H,24,25)/p-1. The van der Waals surface area contributed by atoms with Gasteiger partial charge in [0.2, 0.25) is 0 Å². The highest BCUT2D eigenvalue weighted by Crippen LogP contribution is 2.50. The van der Waals surface area contributed by atoms with Crippen LogP contribution in [-0.2, 0) is 27.8 Å². The maximum absolute atomic E-state index is 12.6. The predicted octanol–water partition coefficient (Wildman–Crippen LogP) is 1.37. The van der Waals surface area contributed by atoms with E-state index < -0.39 is 31.4 Å². The zero-order valence-corrected chi connectivity index (χ0v) is 19.2. The van der Waals surface area contributed by atoms with E-state index in [2.05, 4.69) is 0 Å². The van der Waals surface area contributed by atoms with Crippen molar-refractivity contribution >= 4 is 23.5 Å². The molecule has 1 heterocycles. The van der Waals surface area contributed by atoms with Crippen molar-refractivity contribution in [1.82, 2.24) is 0 Å². The lowest BCUT2D eigenvalue weighted by molar-refractivity contribution is -0.234. The van der Waals surface area contributed by atoms with E-state index in [0.29, 0.717) is 12.8 Å². The van der Waals surface area contributed by atoms with E-state index >= 15 is 0 Å². The van der Waals surface area contributed by atoms with Gasteiger partial charge in [-0.25, -0.2) is 0 Å². The van der Waals surface area contributed by atoms with Gasteiger partial charge in [-0.1, -0.05) is 12.2 Å². The molecule has 1 aliphatic carbocycles. The molecule has 7 atom stereocenters. The monoisotopic (exact) mass is 449 g/mol. The van der Waals surface area contributed by atoms with E-state index in [-0.39, 0.29) is 43.3 Å². The molecule has 12 heteroatoms. The van der Waals surface area contributed by atoms with Gasteiger partial charge >= 0.3 is 0 Å². The van der Waals surface area contributed by atoms with Crippen LogP contribution in [0.4, 0.5) is 0 Å². The molecule has 0 N–H and O–H groups in total. The zero-order chi connectivity index (χ0) is 23.4. The Kier molecular flexibility index (Phi) is 9.19. The van der Waals surface area contributed by atoms with Crippen LogP contribution in [0.2, 0.25) is 5.82 Å². The normalized spacial score (nSPS) is 34.5.